The maximum atomic E-state index is 12.3. The fourth-order valence-corrected chi connectivity index (χ4v) is 4.08. The van der Waals surface area contributed by atoms with E-state index in [0.29, 0.717) is 34.5 Å². The van der Waals surface area contributed by atoms with Gasteiger partial charge in [-0.25, -0.2) is 4.98 Å². The Balaban J connectivity index is 1.70. The lowest BCUT2D eigenvalue weighted by Gasteiger charge is -2.26. The van der Waals surface area contributed by atoms with E-state index < -0.39 is 0 Å². The minimum absolute atomic E-state index is 0.0913. The van der Waals surface area contributed by atoms with Gasteiger partial charge in [-0.3, -0.25) is 14.9 Å². The first-order chi connectivity index (χ1) is 13.3. The maximum Gasteiger partial charge on any atom is 0.250 e. The number of fused-ring (bicyclic) bond motifs is 1. The topological polar surface area (TPSA) is 77.5 Å². The van der Waals surface area contributed by atoms with Gasteiger partial charge in [-0.05, 0) is 42.5 Å². The van der Waals surface area contributed by atoms with Crippen LogP contribution in [0.5, 0.6) is 11.5 Å². The highest BCUT2D eigenvalue weighted by molar-refractivity contribution is 7.17. The molecule has 6 nitrogen and oxygen atoms in total. The van der Waals surface area contributed by atoms with Gasteiger partial charge in [-0.1, -0.05) is 31.3 Å². The minimum Gasteiger partial charge on any atom is -0.493 e. The van der Waals surface area contributed by atoms with Crippen LogP contribution in [0.25, 0.3) is 6.08 Å². The highest BCUT2D eigenvalue weighted by atomic mass is 32.1. The van der Waals surface area contributed by atoms with Gasteiger partial charge in [0.25, 0.3) is 0 Å². The van der Waals surface area contributed by atoms with Crippen LogP contribution in [0.1, 0.15) is 48.1 Å². The van der Waals surface area contributed by atoms with Crippen LogP contribution in [-0.2, 0) is 11.2 Å². The number of benzene rings is 1. The summed E-state index contributed by atoms with van der Waals surface area (Å²) in [7, 11) is 1.58. The number of ether oxygens (including phenoxy) is 2. The van der Waals surface area contributed by atoms with E-state index in [-0.39, 0.29) is 17.1 Å². The largest absolute Gasteiger partial charge is 0.493 e. The molecule has 0 bridgehead atoms. The summed E-state index contributed by atoms with van der Waals surface area (Å²) in [5, 5.41) is 3.21. The molecule has 0 unspecified atom stereocenters. The van der Waals surface area contributed by atoms with Gasteiger partial charge in [0.05, 0.1) is 24.3 Å². The Morgan fingerprint density at radius 1 is 1.32 bits per heavy atom. The van der Waals surface area contributed by atoms with Crippen molar-refractivity contribution in [3.63, 3.8) is 0 Å². The quantitative estimate of drug-likeness (QED) is 0.729. The molecule has 0 radical (unpaired) electrons. The van der Waals surface area contributed by atoms with E-state index in [9.17, 15) is 9.59 Å². The van der Waals surface area contributed by atoms with Gasteiger partial charge in [-0.2, -0.15) is 0 Å². The lowest BCUT2D eigenvalue weighted by Crippen LogP contribution is -2.26. The Morgan fingerprint density at radius 2 is 2.11 bits per heavy atom. The number of aromatic nitrogens is 1. The van der Waals surface area contributed by atoms with E-state index in [2.05, 4.69) is 24.1 Å². The molecule has 1 aliphatic carbocycles. The maximum absolute atomic E-state index is 12.3. The van der Waals surface area contributed by atoms with Gasteiger partial charge >= 0.3 is 0 Å². The fourth-order valence-electron chi connectivity index (χ4n) is 3.16. The summed E-state index contributed by atoms with van der Waals surface area (Å²) >= 11 is 1.25. The van der Waals surface area contributed by atoms with Crippen molar-refractivity contribution in [3.05, 3.63) is 40.4 Å². The van der Waals surface area contributed by atoms with Crippen LogP contribution in [0.4, 0.5) is 5.13 Å². The van der Waals surface area contributed by atoms with E-state index in [1.807, 2.05) is 19.1 Å². The molecular weight excluding hydrogens is 376 g/mol. The van der Waals surface area contributed by atoms with Gasteiger partial charge in [0.1, 0.15) is 0 Å². The molecule has 3 rings (SSSR count). The summed E-state index contributed by atoms with van der Waals surface area (Å²) in [5.41, 5.74) is 1.50. The molecule has 0 saturated heterocycles. The molecule has 1 amide bonds. The van der Waals surface area contributed by atoms with Gasteiger partial charge in [0, 0.05) is 12.5 Å². The number of carbonyl (C=O) groups is 2. The molecule has 148 valence electrons. The number of amides is 1. The van der Waals surface area contributed by atoms with Crippen molar-refractivity contribution in [3.8, 4) is 11.5 Å². The summed E-state index contributed by atoms with van der Waals surface area (Å²) in [4.78, 5) is 29.6. The van der Waals surface area contributed by atoms with E-state index in [4.69, 9.17) is 9.47 Å². The van der Waals surface area contributed by atoms with E-state index in [1.54, 1.807) is 19.3 Å². The zero-order valence-corrected chi connectivity index (χ0v) is 17.3. The normalized spacial score (nSPS) is 15.4. The number of rotatable bonds is 6. The molecule has 0 spiro atoms. The molecule has 0 fully saturated rings. The van der Waals surface area contributed by atoms with Crippen molar-refractivity contribution >= 4 is 34.2 Å². The van der Waals surface area contributed by atoms with Crippen LogP contribution in [0.3, 0.4) is 0 Å². The number of Topliss-reactive ketones (excluding diaryl/α,β-unsaturated/α-hetero) is 1. The highest BCUT2D eigenvalue weighted by Gasteiger charge is 2.33. The number of ketones is 1. The van der Waals surface area contributed by atoms with Crippen molar-refractivity contribution < 1.29 is 19.1 Å². The standard InChI is InChI=1S/C21H24N2O4S/c1-5-27-17-10-13(6-8-16(17)26-4)7-9-18(25)23-20-22-14-11-21(2,3)12-15(24)19(14)28-20/h6-10H,5,11-12H2,1-4H3,(H,22,23,25)/b9-7+. The number of nitrogens with one attached hydrogen (secondary N) is 1. The van der Waals surface area contributed by atoms with Crippen molar-refractivity contribution in [1.82, 2.24) is 4.98 Å². The second-order valence-electron chi connectivity index (χ2n) is 7.40. The second-order valence-corrected chi connectivity index (χ2v) is 8.40. The van der Waals surface area contributed by atoms with Crippen LogP contribution >= 0.6 is 11.3 Å². The minimum atomic E-state index is -0.299. The summed E-state index contributed by atoms with van der Waals surface area (Å²) < 4.78 is 10.8. The third-order valence-corrected chi connectivity index (χ3v) is 5.43. The number of hydrogen-bond donors (Lipinski definition) is 1. The molecule has 0 atom stereocenters. The SMILES string of the molecule is CCOc1cc(/C=C/C(=O)Nc2nc3c(s2)C(=O)CC(C)(C)C3)ccc1OC. The monoisotopic (exact) mass is 400 g/mol. The lowest BCUT2D eigenvalue weighted by molar-refractivity contribution is -0.111. The van der Waals surface area contributed by atoms with Gasteiger partial charge in [-0.15, -0.1) is 0 Å². The van der Waals surface area contributed by atoms with E-state index >= 15 is 0 Å². The number of methoxy groups -OCH3 is 1. The van der Waals surface area contributed by atoms with Gasteiger partial charge < -0.3 is 9.47 Å². The second kappa shape index (κ2) is 8.14. The zero-order chi connectivity index (χ0) is 20.3. The zero-order valence-electron chi connectivity index (χ0n) is 16.5. The average molecular weight is 401 g/mol. The molecule has 2 aromatic rings. The van der Waals surface area contributed by atoms with Gasteiger partial charge in [0.2, 0.25) is 5.91 Å². The first kappa shape index (κ1) is 20.1. The first-order valence-corrected chi connectivity index (χ1v) is 9.96. The molecule has 7 heteroatoms. The number of thiazole rings is 1. The predicted octanol–water partition coefficient (Wildman–Crippen LogP) is 4.36. The van der Waals surface area contributed by atoms with Crippen molar-refractivity contribution in [1.29, 1.82) is 0 Å². The van der Waals surface area contributed by atoms with Crippen LogP contribution in [0.2, 0.25) is 0 Å². The third-order valence-electron chi connectivity index (χ3n) is 4.38. The Bertz CT molecular complexity index is 930. The van der Waals surface area contributed by atoms with Crippen LogP contribution in [0.15, 0.2) is 24.3 Å². The highest BCUT2D eigenvalue weighted by Crippen LogP contribution is 2.38. The fraction of sp³-hybridized carbons (Fsp3) is 0.381. The number of nitrogens with zero attached hydrogens (tertiary/aromatic N) is 1. The van der Waals surface area contributed by atoms with Crippen molar-refractivity contribution in [2.75, 3.05) is 19.0 Å². The Hall–Kier alpha value is -2.67. The Labute approximate surface area is 168 Å². The average Bonchev–Trinajstić information content (AvgIpc) is 3.01. The predicted molar refractivity (Wildman–Crippen MR) is 110 cm³/mol. The van der Waals surface area contributed by atoms with Crippen molar-refractivity contribution in [2.24, 2.45) is 5.41 Å². The molecule has 1 aromatic carbocycles. The summed E-state index contributed by atoms with van der Waals surface area (Å²) in [6.45, 7) is 6.53. The van der Waals surface area contributed by atoms with E-state index in [0.717, 1.165) is 17.7 Å². The third kappa shape index (κ3) is 4.59. The Morgan fingerprint density at radius 3 is 2.82 bits per heavy atom. The molecule has 1 N–H and O–H groups in total. The summed E-state index contributed by atoms with van der Waals surface area (Å²) in [5.74, 6) is 1.07. The molecule has 1 aliphatic rings. The lowest BCUT2D eigenvalue weighted by atomic mass is 9.78. The van der Waals surface area contributed by atoms with E-state index in [1.165, 1.54) is 17.4 Å². The first-order valence-electron chi connectivity index (χ1n) is 9.14. The van der Waals surface area contributed by atoms with Gasteiger partial charge in [0.15, 0.2) is 22.4 Å². The Kier molecular flexibility index (Phi) is 5.84. The molecule has 0 saturated carbocycles. The number of hydrogen-bond acceptors (Lipinski definition) is 6. The van der Waals surface area contributed by atoms with Crippen LogP contribution in [0, 0.1) is 5.41 Å². The van der Waals surface area contributed by atoms with Crippen LogP contribution < -0.4 is 14.8 Å². The molecule has 1 aromatic heterocycles. The molecule has 0 aliphatic heterocycles. The van der Waals surface area contributed by atoms with Crippen LogP contribution in [-0.4, -0.2) is 30.4 Å². The molecule has 28 heavy (non-hydrogen) atoms. The molecule has 1 heterocycles. The van der Waals surface area contributed by atoms with Crippen molar-refractivity contribution in [2.45, 2.75) is 33.6 Å². The number of carbonyl (C=O) groups excluding carboxylic acids is 2. The summed E-state index contributed by atoms with van der Waals surface area (Å²) in [6, 6.07) is 5.45. The number of anilines is 1. The molecular formula is C21H24N2O4S. The summed E-state index contributed by atoms with van der Waals surface area (Å²) in [6.07, 6.45) is 4.38. The smallest absolute Gasteiger partial charge is 0.250 e.